The molecule has 94 valence electrons. The summed E-state index contributed by atoms with van der Waals surface area (Å²) in [5.74, 6) is -0.217. The van der Waals surface area contributed by atoms with Crippen molar-refractivity contribution in [2.45, 2.75) is 20.8 Å². The van der Waals surface area contributed by atoms with Crippen LogP contribution in [0.1, 0.15) is 31.1 Å². The maximum absolute atomic E-state index is 12.1. The molecule has 17 heavy (non-hydrogen) atoms. The topological polar surface area (TPSA) is 60.8 Å². The summed E-state index contributed by atoms with van der Waals surface area (Å²) < 4.78 is 0. The van der Waals surface area contributed by atoms with E-state index in [0.29, 0.717) is 24.6 Å². The smallest absolute Gasteiger partial charge is 0.253 e. The van der Waals surface area contributed by atoms with Gasteiger partial charge >= 0.3 is 0 Å². The van der Waals surface area contributed by atoms with Gasteiger partial charge in [-0.1, -0.05) is 13.8 Å². The molecule has 0 radical (unpaired) electrons. The molecule has 1 aromatic carbocycles. The third kappa shape index (κ3) is 3.37. The van der Waals surface area contributed by atoms with E-state index in [1.807, 2.05) is 20.8 Å². The number of carbonyl (C=O) groups is 1. The Hall–Kier alpha value is -1.71. The van der Waals surface area contributed by atoms with Gasteiger partial charge < -0.3 is 15.1 Å². The molecule has 2 N–H and O–H groups in total. The van der Waals surface area contributed by atoms with Crippen molar-refractivity contribution >= 4 is 5.91 Å². The van der Waals surface area contributed by atoms with Crippen LogP contribution in [-0.4, -0.2) is 34.1 Å². The van der Waals surface area contributed by atoms with Crippen LogP contribution in [0.2, 0.25) is 0 Å². The van der Waals surface area contributed by atoms with Crippen LogP contribution >= 0.6 is 0 Å². The van der Waals surface area contributed by atoms with Gasteiger partial charge in [0, 0.05) is 18.7 Å². The number of hydrogen-bond donors (Lipinski definition) is 2. The van der Waals surface area contributed by atoms with Crippen LogP contribution in [0.15, 0.2) is 18.2 Å². The van der Waals surface area contributed by atoms with Crippen molar-refractivity contribution in [3.63, 3.8) is 0 Å². The fourth-order valence-electron chi connectivity index (χ4n) is 1.64. The zero-order chi connectivity index (χ0) is 13.0. The van der Waals surface area contributed by atoms with Crippen molar-refractivity contribution in [1.82, 2.24) is 4.90 Å². The summed E-state index contributed by atoms with van der Waals surface area (Å²) in [5.41, 5.74) is 0.391. The van der Waals surface area contributed by atoms with Gasteiger partial charge in [-0.3, -0.25) is 4.79 Å². The van der Waals surface area contributed by atoms with Gasteiger partial charge in [0.2, 0.25) is 0 Å². The summed E-state index contributed by atoms with van der Waals surface area (Å²) in [4.78, 5) is 13.8. The number of phenols is 2. The molecule has 0 aromatic heterocycles. The first-order valence-corrected chi connectivity index (χ1v) is 5.77. The van der Waals surface area contributed by atoms with Crippen LogP contribution in [0.4, 0.5) is 0 Å². The van der Waals surface area contributed by atoms with E-state index in [1.54, 1.807) is 4.90 Å². The first kappa shape index (κ1) is 13.4. The molecule has 1 aromatic rings. The van der Waals surface area contributed by atoms with Gasteiger partial charge in [-0.2, -0.15) is 0 Å². The van der Waals surface area contributed by atoms with E-state index in [0.717, 1.165) is 0 Å². The van der Waals surface area contributed by atoms with Gasteiger partial charge in [-0.05, 0) is 31.0 Å². The first-order valence-electron chi connectivity index (χ1n) is 5.77. The summed E-state index contributed by atoms with van der Waals surface area (Å²) in [7, 11) is 0. The summed E-state index contributed by atoms with van der Waals surface area (Å²) in [5, 5.41) is 18.6. The van der Waals surface area contributed by atoms with Crippen molar-refractivity contribution < 1.29 is 15.0 Å². The van der Waals surface area contributed by atoms with Crippen molar-refractivity contribution in [3.05, 3.63) is 23.8 Å². The fraction of sp³-hybridized carbons (Fsp3) is 0.462. The molecule has 1 rings (SSSR count). The Labute approximate surface area is 101 Å². The summed E-state index contributed by atoms with van der Waals surface area (Å²) in [6.45, 7) is 7.31. The van der Waals surface area contributed by atoms with E-state index in [2.05, 4.69) is 0 Å². The van der Waals surface area contributed by atoms with Crippen LogP contribution in [0.25, 0.3) is 0 Å². The van der Waals surface area contributed by atoms with Crippen LogP contribution in [0, 0.1) is 5.92 Å². The second-order valence-corrected chi connectivity index (χ2v) is 4.44. The standard InChI is InChI=1S/C13H19NO3/c1-4-14(8-9(2)3)13(17)10-5-6-11(15)12(16)7-10/h5-7,9,15-16H,4,8H2,1-3H3. The molecule has 1 amide bonds. The first-order chi connectivity index (χ1) is 7.95. The highest BCUT2D eigenvalue weighted by atomic mass is 16.3. The van der Waals surface area contributed by atoms with E-state index < -0.39 is 0 Å². The predicted octanol–water partition coefficient (Wildman–Crippen LogP) is 2.22. The van der Waals surface area contributed by atoms with E-state index >= 15 is 0 Å². The highest BCUT2D eigenvalue weighted by Gasteiger charge is 2.16. The Kier molecular flexibility index (Phi) is 4.37. The molecule has 0 spiro atoms. The van der Waals surface area contributed by atoms with Crippen LogP contribution in [0.5, 0.6) is 11.5 Å². The lowest BCUT2D eigenvalue weighted by Gasteiger charge is -2.23. The molecular formula is C13H19NO3. The molecular weight excluding hydrogens is 218 g/mol. The highest BCUT2D eigenvalue weighted by Crippen LogP contribution is 2.25. The number of rotatable bonds is 4. The van der Waals surface area contributed by atoms with Crippen LogP contribution < -0.4 is 0 Å². The molecule has 0 fully saturated rings. The van der Waals surface area contributed by atoms with E-state index in [4.69, 9.17) is 0 Å². The van der Waals surface area contributed by atoms with Crippen molar-refractivity contribution in [3.8, 4) is 11.5 Å². The van der Waals surface area contributed by atoms with E-state index in [9.17, 15) is 15.0 Å². The normalized spacial score (nSPS) is 10.6. The third-order valence-corrected chi connectivity index (χ3v) is 2.48. The Morgan fingerprint density at radius 1 is 1.29 bits per heavy atom. The van der Waals surface area contributed by atoms with Gasteiger partial charge in [0.15, 0.2) is 11.5 Å². The summed E-state index contributed by atoms with van der Waals surface area (Å²) >= 11 is 0. The zero-order valence-corrected chi connectivity index (χ0v) is 10.5. The SMILES string of the molecule is CCN(CC(C)C)C(=O)c1ccc(O)c(O)c1. The molecule has 0 aliphatic heterocycles. The minimum absolute atomic E-state index is 0.128. The van der Waals surface area contributed by atoms with Crippen molar-refractivity contribution in [2.75, 3.05) is 13.1 Å². The molecule has 0 bridgehead atoms. The van der Waals surface area contributed by atoms with Crippen LogP contribution in [0.3, 0.4) is 0 Å². The van der Waals surface area contributed by atoms with Gasteiger partial charge in [0.25, 0.3) is 5.91 Å². The Morgan fingerprint density at radius 3 is 2.41 bits per heavy atom. The monoisotopic (exact) mass is 237 g/mol. The number of benzene rings is 1. The van der Waals surface area contributed by atoms with Crippen molar-refractivity contribution in [1.29, 1.82) is 0 Å². The Morgan fingerprint density at radius 2 is 1.94 bits per heavy atom. The van der Waals surface area contributed by atoms with Gasteiger partial charge in [0.05, 0.1) is 0 Å². The minimum atomic E-state index is -0.267. The highest BCUT2D eigenvalue weighted by molar-refractivity contribution is 5.94. The second kappa shape index (κ2) is 5.57. The average molecular weight is 237 g/mol. The lowest BCUT2D eigenvalue weighted by molar-refractivity contribution is 0.0745. The average Bonchev–Trinajstić information content (AvgIpc) is 2.28. The summed E-state index contributed by atoms with van der Waals surface area (Å²) in [6.07, 6.45) is 0. The molecule has 4 nitrogen and oxygen atoms in total. The number of aromatic hydroxyl groups is 2. The van der Waals surface area contributed by atoms with E-state index in [1.165, 1.54) is 18.2 Å². The molecule has 0 atom stereocenters. The molecule has 0 saturated heterocycles. The largest absolute Gasteiger partial charge is 0.504 e. The second-order valence-electron chi connectivity index (χ2n) is 4.44. The summed E-state index contributed by atoms with van der Waals surface area (Å²) in [6, 6.07) is 4.13. The molecule has 4 heteroatoms. The Bertz CT molecular complexity index is 402. The Balaban J connectivity index is 2.90. The maximum Gasteiger partial charge on any atom is 0.253 e. The minimum Gasteiger partial charge on any atom is -0.504 e. The fourth-order valence-corrected chi connectivity index (χ4v) is 1.64. The van der Waals surface area contributed by atoms with Gasteiger partial charge in [-0.15, -0.1) is 0 Å². The number of carbonyl (C=O) groups excluding carboxylic acids is 1. The zero-order valence-electron chi connectivity index (χ0n) is 10.5. The predicted molar refractivity (Wildman–Crippen MR) is 66.2 cm³/mol. The quantitative estimate of drug-likeness (QED) is 0.789. The molecule has 0 heterocycles. The number of nitrogens with zero attached hydrogens (tertiary/aromatic N) is 1. The molecule has 0 unspecified atom stereocenters. The van der Waals surface area contributed by atoms with Crippen molar-refractivity contribution in [2.24, 2.45) is 5.92 Å². The molecule has 0 aliphatic rings. The van der Waals surface area contributed by atoms with E-state index in [-0.39, 0.29) is 17.4 Å². The third-order valence-electron chi connectivity index (χ3n) is 2.48. The number of hydrogen-bond acceptors (Lipinski definition) is 3. The van der Waals surface area contributed by atoms with Crippen LogP contribution in [-0.2, 0) is 0 Å². The lowest BCUT2D eigenvalue weighted by atomic mass is 10.1. The van der Waals surface area contributed by atoms with Gasteiger partial charge in [0.1, 0.15) is 0 Å². The molecule has 0 saturated carbocycles. The lowest BCUT2D eigenvalue weighted by Crippen LogP contribution is -2.33. The molecule has 0 aliphatic carbocycles. The van der Waals surface area contributed by atoms with Gasteiger partial charge in [-0.25, -0.2) is 0 Å². The maximum atomic E-state index is 12.1. The number of phenolic OH excluding ortho intramolecular Hbond substituents is 2. The number of amides is 1.